The van der Waals surface area contributed by atoms with Gasteiger partial charge in [-0.3, -0.25) is 4.79 Å². The van der Waals surface area contributed by atoms with Crippen LogP contribution in [0.5, 0.6) is 0 Å². The Morgan fingerprint density at radius 1 is 1.21 bits per heavy atom. The van der Waals surface area contributed by atoms with Crippen molar-refractivity contribution in [1.82, 2.24) is 0 Å². The van der Waals surface area contributed by atoms with Gasteiger partial charge in [0, 0.05) is 10.2 Å². The van der Waals surface area contributed by atoms with Crippen LogP contribution in [0.3, 0.4) is 0 Å². The van der Waals surface area contributed by atoms with E-state index in [1.54, 1.807) is 30.3 Å². The molecule has 0 radical (unpaired) electrons. The van der Waals surface area contributed by atoms with Crippen molar-refractivity contribution in [1.29, 1.82) is 0 Å². The number of nitrogens with zero attached hydrogens (tertiary/aromatic N) is 1. The quantitative estimate of drug-likeness (QED) is 0.787. The summed E-state index contributed by atoms with van der Waals surface area (Å²) in [5, 5.41) is 5.85. The molecule has 1 heterocycles. The topological polar surface area (TPSA) is 87.6 Å². The van der Waals surface area contributed by atoms with E-state index in [0.717, 1.165) is 16.2 Å². The molecule has 0 aliphatic carbocycles. The highest BCUT2D eigenvalue weighted by molar-refractivity contribution is 9.10. The Hall–Kier alpha value is -1.84. The lowest BCUT2D eigenvalue weighted by Crippen LogP contribution is -2.22. The summed E-state index contributed by atoms with van der Waals surface area (Å²) in [5.74, 6) is -0.213. The smallest absolute Gasteiger partial charge is 0.286 e. The van der Waals surface area contributed by atoms with Crippen LogP contribution in [-0.2, 0) is 14.8 Å². The number of rotatable bonds is 3. The molecule has 1 aliphatic rings. The number of fused-ring (bicyclic) bond motifs is 1. The molecular formula is C15H12BrN3O3S2. The zero-order valence-electron chi connectivity index (χ0n) is 12.2. The number of amides is 1. The molecule has 1 aliphatic heterocycles. The van der Waals surface area contributed by atoms with E-state index in [9.17, 15) is 13.2 Å². The average Bonchev–Trinajstić information content (AvgIpc) is 2.52. The van der Waals surface area contributed by atoms with Crippen LogP contribution < -0.4 is 10.6 Å². The Balaban J connectivity index is 1.65. The van der Waals surface area contributed by atoms with E-state index in [-0.39, 0.29) is 21.7 Å². The highest BCUT2D eigenvalue weighted by Crippen LogP contribution is 2.29. The first-order valence-corrected chi connectivity index (χ1v) is 10.1. The molecule has 0 bridgehead atoms. The van der Waals surface area contributed by atoms with Crippen LogP contribution in [0.4, 0.5) is 11.4 Å². The molecule has 0 spiro atoms. The second kappa shape index (κ2) is 6.96. The van der Waals surface area contributed by atoms with Gasteiger partial charge in [-0.25, -0.2) is 0 Å². The summed E-state index contributed by atoms with van der Waals surface area (Å²) in [6.07, 6.45) is 0. The number of sulfonamides is 1. The van der Waals surface area contributed by atoms with Crippen molar-refractivity contribution in [2.45, 2.75) is 4.90 Å². The number of hydrogen-bond acceptors (Lipinski definition) is 5. The second-order valence-electron chi connectivity index (χ2n) is 4.84. The molecule has 2 N–H and O–H groups in total. The number of nitrogens with one attached hydrogen (secondary N) is 2. The van der Waals surface area contributed by atoms with Gasteiger partial charge >= 0.3 is 0 Å². The number of para-hydroxylation sites is 1. The van der Waals surface area contributed by atoms with Gasteiger partial charge in [-0.05, 0) is 30.3 Å². The summed E-state index contributed by atoms with van der Waals surface area (Å²) in [4.78, 5) is 12.1. The molecule has 2 aromatic rings. The molecule has 0 saturated carbocycles. The van der Waals surface area contributed by atoms with Gasteiger partial charge < -0.3 is 10.6 Å². The maximum Gasteiger partial charge on any atom is 0.286 e. The summed E-state index contributed by atoms with van der Waals surface area (Å²) < 4.78 is 28.8. The van der Waals surface area contributed by atoms with E-state index in [1.807, 2.05) is 12.1 Å². The maximum absolute atomic E-state index is 12.1. The van der Waals surface area contributed by atoms with Gasteiger partial charge in [0.05, 0.1) is 11.4 Å². The molecular weight excluding hydrogens is 414 g/mol. The minimum atomic E-state index is -3.74. The molecule has 6 nitrogen and oxygen atoms in total. The molecule has 3 rings (SSSR count). The monoisotopic (exact) mass is 425 g/mol. The molecule has 0 aromatic heterocycles. The number of thioether (sulfide) groups is 1. The molecule has 0 fully saturated rings. The van der Waals surface area contributed by atoms with Gasteiger partial charge in [0.25, 0.3) is 10.0 Å². The number of benzene rings is 2. The lowest BCUT2D eigenvalue weighted by Gasteiger charge is -2.17. The Morgan fingerprint density at radius 3 is 2.79 bits per heavy atom. The van der Waals surface area contributed by atoms with Crippen molar-refractivity contribution in [3.05, 3.63) is 53.0 Å². The molecule has 0 unspecified atom stereocenters. The van der Waals surface area contributed by atoms with Gasteiger partial charge in [0.2, 0.25) is 5.91 Å². The SMILES string of the molecule is O=C(CSC1=NS(=O)(=O)c2ccccc2N1)Nc1cccc(Br)c1. The first kappa shape index (κ1) is 17.0. The summed E-state index contributed by atoms with van der Waals surface area (Å²) in [5.41, 5.74) is 1.12. The molecule has 0 saturated heterocycles. The number of carbonyl (C=O) groups excluding carboxylic acids is 1. The summed E-state index contributed by atoms with van der Waals surface area (Å²) >= 11 is 4.36. The number of carbonyl (C=O) groups is 1. The Morgan fingerprint density at radius 2 is 2.00 bits per heavy atom. The van der Waals surface area contributed by atoms with Crippen LogP contribution in [0.2, 0.25) is 0 Å². The zero-order valence-corrected chi connectivity index (χ0v) is 15.4. The summed E-state index contributed by atoms with van der Waals surface area (Å²) in [7, 11) is -3.74. The number of anilines is 2. The van der Waals surface area contributed by atoms with Crippen LogP contribution in [0.1, 0.15) is 0 Å². The van der Waals surface area contributed by atoms with Crippen molar-refractivity contribution < 1.29 is 13.2 Å². The van der Waals surface area contributed by atoms with E-state index < -0.39 is 10.0 Å². The van der Waals surface area contributed by atoms with Crippen LogP contribution in [0, 0.1) is 0 Å². The van der Waals surface area contributed by atoms with Crippen LogP contribution in [-0.4, -0.2) is 25.2 Å². The fourth-order valence-corrected chi connectivity index (χ4v) is 4.49. The van der Waals surface area contributed by atoms with Crippen molar-refractivity contribution in [2.75, 3.05) is 16.4 Å². The molecule has 9 heteroatoms. The van der Waals surface area contributed by atoms with E-state index in [1.165, 1.54) is 6.07 Å². The molecule has 1 amide bonds. The first-order valence-electron chi connectivity index (χ1n) is 6.83. The third-order valence-electron chi connectivity index (χ3n) is 3.06. The zero-order chi connectivity index (χ0) is 17.2. The standard InChI is InChI=1S/C15H12BrN3O3S2/c16-10-4-3-5-11(8-10)17-14(20)9-23-15-18-12-6-1-2-7-13(12)24(21,22)19-15/h1-8H,9H2,(H,17,20)(H,18,19). The largest absolute Gasteiger partial charge is 0.333 e. The molecule has 0 atom stereocenters. The molecule has 2 aromatic carbocycles. The fraction of sp³-hybridized carbons (Fsp3) is 0.0667. The molecule has 24 heavy (non-hydrogen) atoms. The predicted molar refractivity (Wildman–Crippen MR) is 99.9 cm³/mol. The average molecular weight is 426 g/mol. The minimum Gasteiger partial charge on any atom is -0.333 e. The highest BCUT2D eigenvalue weighted by Gasteiger charge is 2.24. The third-order valence-corrected chi connectivity index (χ3v) is 5.87. The van der Waals surface area contributed by atoms with Crippen LogP contribution in [0.15, 0.2) is 62.3 Å². The van der Waals surface area contributed by atoms with Gasteiger partial charge in [-0.2, -0.15) is 8.42 Å². The van der Waals surface area contributed by atoms with E-state index in [4.69, 9.17) is 0 Å². The van der Waals surface area contributed by atoms with Crippen LogP contribution >= 0.6 is 27.7 Å². The predicted octanol–water partition coefficient (Wildman–Crippen LogP) is 3.29. The lowest BCUT2D eigenvalue weighted by molar-refractivity contribution is -0.113. The second-order valence-corrected chi connectivity index (χ2v) is 8.29. The van der Waals surface area contributed by atoms with Crippen molar-refractivity contribution >= 4 is 60.2 Å². The number of hydrogen-bond donors (Lipinski definition) is 2. The Bertz CT molecular complexity index is 929. The lowest BCUT2D eigenvalue weighted by atomic mass is 10.3. The summed E-state index contributed by atoms with van der Waals surface area (Å²) in [6.45, 7) is 0. The van der Waals surface area contributed by atoms with E-state index in [2.05, 4.69) is 31.0 Å². The normalized spacial score (nSPS) is 15.0. The summed E-state index contributed by atoms with van der Waals surface area (Å²) in [6, 6.07) is 13.7. The highest BCUT2D eigenvalue weighted by atomic mass is 79.9. The van der Waals surface area contributed by atoms with Gasteiger partial charge in [-0.15, -0.1) is 4.40 Å². The first-order chi connectivity index (χ1) is 11.4. The van der Waals surface area contributed by atoms with Crippen molar-refractivity contribution in [3.63, 3.8) is 0 Å². The van der Waals surface area contributed by atoms with E-state index in [0.29, 0.717) is 11.4 Å². The van der Waals surface area contributed by atoms with Gasteiger partial charge in [-0.1, -0.05) is 45.9 Å². The number of amidine groups is 1. The maximum atomic E-state index is 12.1. The van der Waals surface area contributed by atoms with Gasteiger partial charge in [0.1, 0.15) is 4.90 Å². The number of halogens is 1. The van der Waals surface area contributed by atoms with Crippen LogP contribution in [0.25, 0.3) is 0 Å². The Kier molecular flexibility index (Phi) is 4.93. The Labute approximate surface area is 151 Å². The third kappa shape index (κ3) is 3.97. The minimum absolute atomic E-state index is 0.0377. The fourth-order valence-electron chi connectivity index (χ4n) is 2.05. The van der Waals surface area contributed by atoms with E-state index >= 15 is 0 Å². The van der Waals surface area contributed by atoms with Crippen molar-refractivity contribution in [2.24, 2.45) is 4.40 Å². The van der Waals surface area contributed by atoms with Crippen molar-refractivity contribution in [3.8, 4) is 0 Å². The molecule has 124 valence electrons. The van der Waals surface area contributed by atoms with Gasteiger partial charge in [0.15, 0.2) is 5.17 Å².